The molecule has 1 saturated heterocycles. The van der Waals surface area contributed by atoms with E-state index in [1.807, 2.05) is 0 Å². The van der Waals surface area contributed by atoms with Gasteiger partial charge in [0.05, 0.1) is 19.0 Å². The van der Waals surface area contributed by atoms with Crippen LogP contribution < -0.4 is 16.0 Å². The van der Waals surface area contributed by atoms with Gasteiger partial charge in [-0.3, -0.25) is 4.79 Å². The molecule has 0 saturated carbocycles. The number of halogens is 1. The normalized spacial score (nSPS) is 15.1. The summed E-state index contributed by atoms with van der Waals surface area (Å²) >= 11 is 3.30. The van der Waals surface area contributed by atoms with Gasteiger partial charge in [0.1, 0.15) is 0 Å². The lowest BCUT2D eigenvalue weighted by molar-refractivity contribution is 0.0730. The third kappa shape index (κ3) is 7.45. The van der Waals surface area contributed by atoms with E-state index < -0.39 is 16.1 Å². The highest BCUT2D eigenvalue weighted by molar-refractivity contribution is 9.10. The standard InChI is InChI=1S/C16H23BrN4O5S/c17-14-3-1-13(2-4-14)15(22)18-5-6-19-16(23)20-7-12-27(24,25)21-8-10-26-11-9-21/h1-4H,5-12H2,(H,18,22)(H2,19,20,23). The van der Waals surface area contributed by atoms with Crippen LogP contribution in [-0.4, -0.2) is 76.4 Å². The number of nitrogens with zero attached hydrogens (tertiary/aromatic N) is 1. The topological polar surface area (TPSA) is 117 Å². The average molecular weight is 463 g/mol. The van der Waals surface area contributed by atoms with Gasteiger partial charge in [-0.1, -0.05) is 15.9 Å². The smallest absolute Gasteiger partial charge is 0.314 e. The Morgan fingerprint density at radius 3 is 2.26 bits per heavy atom. The molecular weight excluding hydrogens is 440 g/mol. The molecule has 11 heteroatoms. The van der Waals surface area contributed by atoms with Crippen molar-refractivity contribution in [1.82, 2.24) is 20.3 Å². The summed E-state index contributed by atoms with van der Waals surface area (Å²) in [5.74, 6) is -0.401. The van der Waals surface area contributed by atoms with Crippen LogP contribution in [-0.2, 0) is 14.8 Å². The molecule has 1 aliphatic heterocycles. The van der Waals surface area contributed by atoms with E-state index in [0.29, 0.717) is 31.9 Å². The van der Waals surface area contributed by atoms with E-state index in [1.54, 1.807) is 24.3 Å². The number of sulfonamides is 1. The number of morpholine rings is 1. The first-order valence-corrected chi connectivity index (χ1v) is 10.9. The zero-order valence-electron chi connectivity index (χ0n) is 14.7. The summed E-state index contributed by atoms with van der Waals surface area (Å²) in [6.45, 7) is 1.95. The Hall–Kier alpha value is -1.69. The molecule has 3 amide bonds. The van der Waals surface area contributed by atoms with Crippen LogP contribution in [0.5, 0.6) is 0 Å². The SMILES string of the molecule is O=C(NCCNC(=O)c1ccc(Br)cc1)NCCS(=O)(=O)N1CCOCC1. The van der Waals surface area contributed by atoms with Crippen LogP contribution in [0.1, 0.15) is 10.4 Å². The molecule has 0 spiro atoms. The highest BCUT2D eigenvalue weighted by Gasteiger charge is 2.23. The van der Waals surface area contributed by atoms with Gasteiger partial charge in [0.25, 0.3) is 5.91 Å². The van der Waals surface area contributed by atoms with Gasteiger partial charge in [-0.15, -0.1) is 0 Å². The van der Waals surface area contributed by atoms with E-state index in [-0.39, 0.29) is 31.3 Å². The molecule has 0 unspecified atom stereocenters. The van der Waals surface area contributed by atoms with Gasteiger partial charge in [0.2, 0.25) is 10.0 Å². The molecule has 0 aromatic heterocycles. The van der Waals surface area contributed by atoms with Crippen molar-refractivity contribution in [3.63, 3.8) is 0 Å². The predicted octanol–water partition coefficient (Wildman–Crippen LogP) is 0.140. The first kappa shape index (κ1) is 21.6. The number of ether oxygens (including phenoxy) is 1. The fourth-order valence-electron chi connectivity index (χ4n) is 2.37. The molecule has 3 N–H and O–H groups in total. The van der Waals surface area contributed by atoms with Crippen molar-refractivity contribution in [2.45, 2.75) is 0 Å². The fourth-order valence-corrected chi connectivity index (χ4v) is 3.95. The van der Waals surface area contributed by atoms with Crippen molar-refractivity contribution < 1.29 is 22.7 Å². The minimum Gasteiger partial charge on any atom is -0.379 e. The highest BCUT2D eigenvalue weighted by Crippen LogP contribution is 2.10. The average Bonchev–Trinajstić information content (AvgIpc) is 2.66. The van der Waals surface area contributed by atoms with E-state index in [0.717, 1.165) is 4.47 Å². The first-order chi connectivity index (χ1) is 12.9. The molecular formula is C16H23BrN4O5S. The van der Waals surface area contributed by atoms with Crippen LogP contribution in [0.4, 0.5) is 4.79 Å². The number of nitrogens with one attached hydrogen (secondary N) is 3. The minimum atomic E-state index is -3.40. The Bertz CT molecular complexity index is 736. The molecule has 9 nitrogen and oxygen atoms in total. The van der Waals surface area contributed by atoms with Gasteiger partial charge in [0.15, 0.2) is 0 Å². The quantitative estimate of drug-likeness (QED) is 0.475. The second-order valence-corrected chi connectivity index (χ2v) is 8.78. The third-order valence-corrected chi connectivity index (χ3v) is 6.21. The summed E-state index contributed by atoms with van der Waals surface area (Å²) in [7, 11) is -3.40. The van der Waals surface area contributed by atoms with E-state index in [9.17, 15) is 18.0 Å². The number of hydrogen-bond donors (Lipinski definition) is 3. The molecule has 1 aromatic rings. The van der Waals surface area contributed by atoms with Crippen LogP contribution >= 0.6 is 15.9 Å². The van der Waals surface area contributed by atoms with Gasteiger partial charge >= 0.3 is 6.03 Å². The zero-order valence-corrected chi connectivity index (χ0v) is 17.1. The van der Waals surface area contributed by atoms with Gasteiger partial charge in [-0.2, -0.15) is 4.31 Å². The molecule has 1 heterocycles. The number of urea groups is 1. The minimum absolute atomic E-state index is 0.0107. The molecule has 0 aliphatic carbocycles. The maximum Gasteiger partial charge on any atom is 0.314 e. The first-order valence-electron chi connectivity index (χ1n) is 8.49. The number of benzene rings is 1. The van der Waals surface area contributed by atoms with Crippen LogP contribution in [0.3, 0.4) is 0 Å². The van der Waals surface area contributed by atoms with Crippen molar-refractivity contribution in [2.75, 3.05) is 51.7 Å². The molecule has 27 heavy (non-hydrogen) atoms. The summed E-state index contributed by atoms with van der Waals surface area (Å²) in [4.78, 5) is 23.6. The summed E-state index contributed by atoms with van der Waals surface area (Å²) < 4.78 is 31.6. The van der Waals surface area contributed by atoms with Crippen molar-refractivity contribution in [3.05, 3.63) is 34.3 Å². The van der Waals surface area contributed by atoms with Crippen molar-refractivity contribution in [2.24, 2.45) is 0 Å². The number of carbonyl (C=O) groups is 2. The molecule has 0 bridgehead atoms. The Kier molecular flexibility index (Phi) is 8.48. The summed E-state index contributed by atoms with van der Waals surface area (Å²) in [6, 6.07) is 6.44. The lowest BCUT2D eigenvalue weighted by Crippen LogP contribution is -2.45. The van der Waals surface area contributed by atoms with Crippen molar-refractivity contribution in [3.8, 4) is 0 Å². The van der Waals surface area contributed by atoms with Crippen molar-refractivity contribution >= 4 is 37.9 Å². The second kappa shape index (κ2) is 10.6. The van der Waals surface area contributed by atoms with E-state index >= 15 is 0 Å². The van der Waals surface area contributed by atoms with Crippen molar-refractivity contribution in [1.29, 1.82) is 0 Å². The van der Waals surface area contributed by atoms with E-state index in [4.69, 9.17) is 4.74 Å². The Labute approximate surface area is 167 Å². The molecule has 0 radical (unpaired) electrons. The lowest BCUT2D eigenvalue weighted by Gasteiger charge is -2.26. The predicted molar refractivity (Wildman–Crippen MR) is 104 cm³/mol. The Morgan fingerprint density at radius 1 is 1.00 bits per heavy atom. The number of carbonyl (C=O) groups excluding carboxylic acids is 2. The van der Waals surface area contributed by atoms with Gasteiger partial charge in [-0.05, 0) is 24.3 Å². The monoisotopic (exact) mass is 462 g/mol. The Morgan fingerprint density at radius 2 is 1.59 bits per heavy atom. The molecule has 1 aromatic carbocycles. The number of hydrogen-bond acceptors (Lipinski definition) is 5. The zero-order chi connectivity index (χ0) is 19.7. The van der Waals surface area contributed by atoms with Gasteiger partial charge in [0, 0.05) is 42.8 Å². The number of rotatable bonds is 8. The van der Waals surface area contributed by atoms with Crippen LogP contribution in [0, 0.1) is 0 Å². The fraction of sp³-hybridized carbons (Fsp3) is 0.500. The van der Waals surface area contributed by atoms with Gasteiger partial charge < -0.3 is 20.7 Å². The molecule has 1 fully saturated rings. The van der Waals surface area contributed by atoms with E-state index in [1.165, 1.54) is 4.31 Å². The number of amides is 3. The second-order valence-electron chi connectivity index (χ2n) is 5.77. The van der Waals surface area contributed by atoms with Crippen LogP contribution in [0.25, 0.3) is 0 Å². The third-order valence-electron chi connectivity index (χ3n) is 3.81. The highest BCUT2D eigenvalue weighted by atomic mass is 79.9. The molecule has 1 aliphatic rings. The summed E-state index contributed by atoms with van der Waals surface area (Å²) in [5, 5.41) is 7.75. The lowest BCUT2D eigenvalue weighted by atomic mass is 10.2. The Balaban J connectivity index is 1.59. The molecule has 150 valence electrons. The maximum atomic E-state index is 12.1. The van der Waals surface area contributed by atoms with Crippen LogP contribution in [0.2, 0.25) is 0 Å². The van der Waals surface area contributed by atoms with Gasteiger partial charge in [-0.25, -0.2) is 13.2 Å². The molecule has 2 rings (SSSR count). The summed E-state index contributed by atoms with van der Waals surface area (Å²) in [5.41, 5.74) is 0.524. The largest absolute Gasteiger partial charge is 0.379 e. The maximum absolute atomic E-state index is 12.1. The summed E-state index contributed by atoms with van der Waals surface area (Å²) in [6.07, 6.45) is 0. The van der Waals surface area contributed by atoms with Crippen LogP contribution in [0.15, 0.2) is 28.7 Å². The molecule has 0 atom stereocenters. The van der Waals surface area contributed by atoms with E-state index in [2.05, 4.69) is 31.9 Å².